The highest BCUT2D eigenvalue weighted by Crippen LogP contribution is 2.44. The van der Waals surface area contributed by atoms with Gasteiger partial charge in [-0.3, -0.25) is 15.2 Å². The lowest BCUT2D eigenvalue weighted by Gasteiger charge is -2.30. The molecule has 0 aliphatic carbocycles. The number of fused-ring (bicyclic) bond motifs is 3. The molecule has 0 spiro atoms. The van der Waals surface area contributed by atoms with E-state index in [1.807, 2.05) is 26.1 Å². The number of ether oxygens (including phenoxy) is 2. The van der Waals surface area contributed by atoms with E-state index in [0.717, 1.165) is 46.2 Å². The van der Waals surface area contributed by atoms with Gasteiger partial charge in [-0.05, 0) is 45.8 Å². The molecular weight excluding hydrogens is 440 g/mol. The van der Waals surface area contributed by atoms with Gasteiger partial charge < -0.3 is 14.0 Å². The predicted octanol–water partition coefficient (Wildman–Crippen LogP) is 4.26. The number of hydrogen-bond acceptors (Lipinski definition) is 6. The number of carbonyl (C=O) groups is 1. The number of carbonyl (C=O) groups excluding carboxylic acids is 1. The van der Waals surface area contributed by atoms with Gasteiger partial charge in [0, 0.05) is 66.4 Å². The second-order valence-electron chi connectivity index (χ2n) is 8.62. The molecule has 4 heterocycles. The fraction of sp³-hybridized carbons (Fsp3) is 0.440. The summed E-state index contributed by atoms with van der Waals surface area (Å²) in [5, 5.41) is 4.52. The predicted molar refractivity (Wildman–Crippen MR) is 131 cm³/mol. The first kappa shape index (κ1) is 23.5. The van der Waals surface area contributed by atoms with E-state index in [0.29, 0.717) is 31.0 Å². The van der Waals surface area contributed by atoms with Crippen LogP contribution in [0.3, 0.4) is 0 Å². The SMILES string of the molecule is CCOC(=O)c1c2c(c3c(-c4cccnc4)cn(C)c3c1CN1CCCC1)CNC(C)O2.Cl. The van der Waals surface area contributed by atoms with Crippen LogP contribution >= 0.6 is 12.4 Å². The molecule has 0 bridgehead atoms. The molecule has 1 atom stereocenters. The summed E-state index contributed by atoms with van der Waals surface area (Å²) < 4.78 is 14.0. The van der Waals surface area contributed by atoms with Gasteiger partial charge in [-0.2, -0.15) is 0 Å². The fourth-order valence-corrected chi connectivity index (χ4v) is 5.06. The zero-order valence-electron chi connectivity index (χ0n) is 19.4. The standard InChI is InChI=1S/C25H30N4O3.ClH/c1-4-31-25(30)22-20(15-29-10-5-6-11-29)23-21(18-13-27-16(2)32-24(18)22)19(14-28(23)3)17-8-7-9-26-12-17;/h7-9,12,14,16,27H,4-6,10-11,13,15H2,1-3H3;1H. The number of rotatable bonds is 5. The van der Waals surface area contributed by atoms with Crippen molar-refractivity contribution in [2.45, 2.75) is 46.0 Å². The molecule has 0 radical (unpaired) electrons. The van der Waals surface area contributed by atoms with E-state index >= 15 is 0 Å². The third-order valence-corrected chi connectivity index (χ3v) is 6.47. The van der Waals surface area contributed by atoms with Crippen LogP contribution < -0.4 is 10.1 Å². The summed E-state index contributed by atoms with van der Waals surface area (Å²) in [7, 11) is 2.05. The molecule has 1 saturated heterocycles. The van der Waals surface area contributed by atoms with Crippen LogP contribution in [0.1, 0.15) is 48.2 Å². The van der Waals surface area contributed by atoms with Gasteiger partial charge in [-0.1, -0.05) is 6.07 Å². The Balaban J connectivity index is 0.00000259. The molecule has 8 heteroatoms. The number of nitrogens with zero attached hydrogens (tertiary/aromatic N) is 3. The molecule has 1 fully saturated rings. The van der Waals surface area contributed by atoms with Crippen LogP contribution in [-0.2, 0) is 24.9 Å². The van der Waals surface area contributed by atoms with Gasteiger partial charge in [0.25, 0.3) is 0 Å². The van der Waals surface area contributed by atoms with E-state index in [4.69, 9.17) is 9.47 Å². The van der Waals surface area contributed by atoms with Crippen molar-refractivity contribution in [1.82, 2.24) is 19.8 Å². The van der Waals surface area contributed by atoms with Gasteiger partial charge in [0.15, 0.2) is 0 Å². The molecule has 176 valence electrons. The fourth-order valence-electron chi connectivity index (χ4n) is 5.06. The largest absolute Gasteiger partial charge is 0.474 e. The normalized spacial score (nSPS) is 18.0. The number of aromatic nitrogens is 2. The average molecular weight is 471 g/mol. The summed E-state index contributed by atoms with van der Waals surface area (Å²) in [6.07, 6.45) is 8.01. The summed E-state index contributed by atoms with van der Waals surface area (Å²) in [6.45, 7) is 7.55. The van der Waals surface area contributed by atoms with Crippen molar-refractivity contribution >= 4 is 29.3 Å². The molecule has 2 aliphatic heterocycles. The van der Waals surface area contributed by atoms with Gasteiger partial charge in [0.05, 0.1) is 12.1 Å². The van der Waals surface area contributed by atoms with Gasteiger partial charge in [0.1, 0.15) is 17.5 Å². The minimum Gasteiger partial charge on any atom is -0.474 e. The number of aryl methyl sites for hydroxylation is 1. The first-order valence-corrected chi connectivity index (χ1v) is 11.4. The molecule has 5 rings (SSSR count). The summed E-state index contributed by atoms with van der Waals surface area (Å²) >= 11 is 0. The van der Waals surface area contributed by atoms with Gasteiger partial charge in [-0.25, -0.2) is 4.79 Å². The molecule has 3 aromatic rings. The zero-order valence-corrected chi connectivity index (χ0v) is 20.2. The number of hydrogen-bond donors (Lipinski definition) is 1. The maximum atomic E-state index is 13.3. The Labute approximate surface area is 200 Å². The summed E-state index contributed by atoms with van der Waals surface area (Å²) in [4.78, 5) is 20.0. The monoisotopic (exact) mass is 470 g/mol. The van der Waals surface area contributed by atoms with Crippen LogP contribution in [0.2, 0.25) is 0 Å². The number of benzene rings is 1. The van der Waals surface area contributed by atoms with E-state index in [2.05, 4.69) is 39.1 Å². The van der Waals surface area contributed by atoms with Crippen molar-refractivity contribution in [3.8, 4) is 16.9 Å². The Kier molecular flexibility index (Phi) is 6.93. The van der Waals surface area contributed by atoms with Crippen LogP contribution in [0.4, 0.5) is 0 Å². The van der Waals surface area contributed by atoms with Crippen molar-refractivity contribution < 1.29 is 14.3 Å². The van der Waals surface area contributed by atoms with Crippen molar-refractivity contribution in [1.29, 1.82) is 0 Å². The molecule has 33 heavy (non-hydrogen) atoms. The van der Waals surface area contributed by atoms with Gasteiger partial charge >= 0.3 is 5.97 Å². The summed E-state index contributed by atoms with van der Waals surface area (Å²) in [5.74, 6) is 0.353. The third kappa shape index (κ3) is 4.21. The zero-order chi connectivity index (χ0) is 22.2. The molecule has 1 aromatic carbocycles. The molecule has 0 amide bonds. The highest BCUT2D eigenvalue weighted by molar-refractivity contribution is 6.08. The number of likely N-dealkylation sites (tertiary alicyclic amines) is 1. The second-order valence-corrected chi connectivity index (χ2v) is 8.62. The molecular formula is C25H31ClN4O3. The van der Waals surface area contributed by atoms with E-state index in [1.54, 1.807) is 6.20 Å². The summed E-state index contributed by atoms with van der Waals surface area (Å²) in [6, 6.07) is 4.03. The molecule has 7 nitrogen and oxygen atoms in total. The third-order valence-electron chi connectivity index (χ3n) is 6.47. The Hall–Kier alpha value is -2.61. The van der Waals surface area contributed by atoms with Crippen molar-refractivity contribution in [2.24, 2.45) is 7.05 Å². The van der Waals surface area contributed by atoms with Crippen molar-refractivity contribution in [2.75, 3.05) is 19.7 Å². The lowest BCUT2D eigenvalue weighted by molar-refractivity contribution is 0.0513. The highest BCUT2D eigenvalue weighted by atomic mass is 35.5. The Morgan fingerprint density at radius 3 is 2.82 bits per heavy atom. The lowest BCUT2D eigenvalue weighted by atomic mass is 9.92. The quantitative estimate of drug-likeness (QED) is 0.562. The lowest BCUT2D eigenvalue weighted by Crippen LogP contribution is -2.37. The molecule has 1 N–H and O–H groups in total. The minimum absolute atomic E-state index is 0. The molecule has 2 aliphatic rings. The minimum atomic E-state index is -0.307. The average Bonchev–Trinajstić information content (AvgIpc) is 3.42. The van der Waals surface area contributed by atoms with Gasteiger partial charge in [0.2, 0.25) is 0 Å². The number of halogens is 1. The Morgan fingerprint density at radius 1 is 1.33 bits per heavy atom. The summed E-state index contributed by atoms with van der Waals surface area (Å²) in [5.41, 5.74) is 5.79. The van der Waals surface area contributed by atoms with E-state index in [1.165, 1.54) is 12.8 Å². The van der Waals surface area contributed by atoms with Crippen LogP contribution in [-0.4, -0.2) is 46.3 Å². The number of esters is 1. The first-order valence-electron chi connectivity index (χ1n) is 11.4. The van der Waals surface area contributed by atoms with Crippen LogP contribution in [0, 0.1) is 0 Å². The topological polar surface area (TPSA) is 68.6 Å². The first-order chi connectivity index (χ1) is 15.6. The number of nitrogens with one attached hydrogen (secondary N) is 1. The molecule has 0 saturated carbocycles. The molecule has 1 unspecified atom stereocenters. The van der Waals surface area contributed by atoms with E-state index in [-0.39, 0.29) is 24.6 Å². The van der Waals surface area contributed by atoms with Crippen LogP contribution in [0.25, 0.3) is 22.0 Å². The van der Waals surface area contributed by atoms with E-state index in [9.17, 15) is 4.79 Å². The second kappa shape index (κ2) is 9.71. The maximum Gasteiger partial charge on any atom is 0.342 e. The smallest absolute Gasteiger partial charge is 0.342 e. The highest BCUT2D eigenvalue weighted by Gasteiger charge is 2.33. The number of pyridine rings is 1. The van der Waals surface area contributed by atoms with Gasteiger partial charge in [-0.15, -0.1) is 12.4 Å². The van der Waals surface area contributed by atoms with Crippen LogP contribution in [0.5, 0.6) is 5.75 Å². The van der Waals surface area contributed by atoms with E-state index < -0.39 is 0 Å². The Bertz CT molecular complexity index is 1160. The Morgan fingerprint density at radius 2 is 2.12 bits per heavy atom. The van der Waals surface area contributed by atoms with Crippen molar-refractivity contribution in [3.63, 3.8) is 0 Å². The van der Waals surface area contributed by atoms with Crippen molar-refractivity contribution in [3.05, 3.63) is 47.4 Å². The maximum absolute atomic E-state index is 13.3. The molecule has 2 aromatic heterocycles. The van der Waals surface area contributed by atoms with Crippen LogP contribution in [0.15, 0.2) is 30.7 Å².